The largest absolute Gasteiger partial charge is 0.384 e. The zero-order valence-corrected chi connectivity index (χ0v) is 6.02. The van der Waals surface area contributed by atoms with Gasteiger partial charge in [0.15, 0.2) is 0 Å². The normalized spacial score (nSPS) is 24.1. The van der Waals surface area contributed by atoms with Gasteiger partial charge in [0.1, 0.15) is 5.94 Å². The van der Waals surface area contributed by atoms with Crippen LogP contribution in [-0.2, 0) is 9.53 Å². The van der Waals surface area contributed by atoms with E-state index in [1.807, 2.05) is 5.94 Å². The number of nitrogens with one attached hydrogen (secondary N) is 1. The van der Waals surface area contributed by atoms with Crippen molar-refractivity contribution in [2.24, 2.45) is 5.92 Å². The van der Waals surface area contributed by atoms with E-state index in [1.54, 1.807) is 7.11 Å². The second-order valence-corrected chi connectivity index (χ2v) is 2.49. The van der Waals surface area contributed by atoms with Crippen molar-refractivity contribution in [3.05, 3.63) is 5.70 Å². The van der Waals surface area contributed by atoms with E-state index in [1.165, 1.54) is 0 Å². The van der Waals surface area contributed by atoms with Crippen LogP contribution in [0.3, 0.4) is 0 Å². The van der Waals surface area contributed by atoms with Gasteiger partial charge in [0.05, 0.1) is 12.3 Å². The van der Waals surface area contributed by atoms with Crippen LogP contribution in [0.1, 0.15) is 6.42 Å². The summed E-state index contributed by atoms with van der Waals surface area (Å²) in [5, 5.41) is 2.95. The summed E-state index contributed by atoms with van der Waals surface area (Å²) in [4.78, 5) is 10.1. The second-order valence-electron chi connectivity index (χ2n) is 2.49. The highest BCUT2D eigenvalue weighted by Gasteiger charge is 2.18. The Morgan fingerprint density at radius 3 is 3.20 bits per heavy atom. The summed E-state index contributed by atoms with van der Waals surface area (Å²) in [6, 6.07) is 0. The highest BCUT2D eigenvalue weighted by Crippen LogP contribution is 2.14. The zero-order chi connectivity index (χ0) is 7.40. The maximum atomic E-state index is 10.1. The van der Waals surface area contributed by atoms with Gasteiger partial charge >= 0.3 is 0 Å². The third-order valence-corrected chi connectivity index (χ3v) is 1.62. The van der Waals surface area contributed by atoms with E-state index in [9.17, 15) is 4.79 Å². The quantitative estimate of drug-likeness (QED) is 0.548. The number of methoxy groups -OCH3 is 1. The molecule has 1 saturated heterocycles. The van der Waals surface area contributed by atoms with Crippen LogP contribution in [0.5, 0.6) is 0 Å². The average Bonchev–Trinajstić information content (AvgIpc) is 2.37. The lowest BCUT2D eigenvalue weighted by atomic mass is 10.1. The molecule has 1 aliphatic heterocycles. The van der Waals surface area contributed by atoms with Crippen LogP contribution in [0.25, 0.3) is 0 Å². The Kier molecular flexibility index (Phi) is 2.49. The average molecular weight is 141 g/mol. The van der Waals surface area contributed by atoms with Crippen molar-refractivity contribution in [1.29, 1.82) is 0 Å². The maximum absolute atomic E-state index is 10.1. The van der Waals surface area contributed by atoms with Crippen LogP contribution < -0.4 is 5.32 Å². The minimum Gasteiger partial charge on any atom is -0.384 e. The molecule has 3 heteroatoms. The van der Waals surface area contributed by atoms with Gasteiger partial charge in [-0.2, -0.15) is 0 Å². The molecular weight excluding hydrogens is 130 g/mol. The monoisotopic (exact) mass is 141 g/mol. The van der Waals surface area contributed by atoms with E-state index in [-0.39, 0.29) is 0 Å². The molecule has 0 aromatic heterocycles. The van der Waals surface area contributed by atoms with Crippen molar-refractivity contribution in [1.82, 2.24) is 5.32 Å². The van der Waals surface area contributed by atoms with Crippen LogP contribution in [-0.4, -0.2) is 26.2 Å². The molecule has 10 heavy (non-hydrogen) atoms. The van der Waals surface area contributed by atoms with Gasteiger partial charge in [0, 0.05) is 26.0 Å². The Morgan fingerprint density at radius 1 is 1.90 bits per heavy atom. The molecule has 1 rings (SSSR count). The van der Waals surface area contributed by atoms with Crippen LogP contribution >= 0.6 is 0 Å². The number of rotatable bonds is 2. The number of carbonyl (C=O) groups excluding carboxylic acids is 1. The van der Waals surface area contributed by atoms with Crippen LogP contribution in [0.4, 0.5) is 0 Å². The van der Waals surface area contributed by atoms with Gasteiger partial charge < -0.3 is 10.1 Å². The molecular formula is C7H11NO2. The summed E-state index contributed by atoms with van der Waals surface area (Å²) in [6.45, 7) is 1.57. The molecule has 3 nitrogen and oxygen atoms in total. The van der Waals surface area contributed by atoms with E-state index in [0.717, 1.165) is 19.6 Å². The third-order valence-electron chi connectivity index (χ3n) is 1.62. The van der Waals surface area contributed by atoms with Crippen molar-refractivity contribution in [3.63, 3.8) is 0 Å². The summed E-state index contributed by atoms with van der Waals surface area (Å²) in [6.07, 6.45) is 0.789. The van der Waals surface area contributed by atoms with Crippen molar-refractivity contribution >= 4 is 5.94 Å². The van der Waals surface area contributed by atoms with E-state index < -0.39 is 0 Å². The van der Waals surface area contributed by atoms with Crippen LogP contribution in [0.15, 0.2) is 5.70 Å². The molecule has 1 N–H and O–H groups in total. The first-order chi connectivity index (χ1) is 4.86. The molecule has 0 saturated carbocycles. The maximum Gasteiger partial charge on any atom is 0.145 e. The van der Waals surface area contributed by atoms with E-state index in [0.29, 0.717) is 11.6 Å². The lowest BCUT2D eigenvalue weighted by Gasteiger charge is -2.02. The van der Waals surface area contributed by atoms with Crippen LogP contribution in [0.2, 0.25) is 0 Å². The number of allylic oxidation sites excluding steroid dienone is 1. The highest BCUT2D eigenvalue weighted by atomic mass is 16.5. The molecule has 0 spiro atoms. The van der Waals surface area contributed by atoms with Crippen LogP contribution in [0, 0.1) is 5.92 Å². The van der Waals surface area contributed by atoms with Gasteiger partial charge in [-0.15, -0.1) is 0 Å². The topological polar surface area (TPSA) is 38.3 Å². The standard InChI is InChI=1S/C7H11NO2/c1-10-5-6-2-7(4-9)8-3-6/h6,8H,2-3,5H2,1H3. The Labute approximate surface area is 60.1 Å². The second kappa shape index (κ2) is 3.40. The first-order valence-electron chi connectivity index (χ1n) is 3.33. The number of hydrogen-bond donors (Lipinski definition) is 1. The molecule has 0 amide bonds. The molecule has 0 aromatic rings. The fourth-order valence-electron chi connectivity index (χ4n) is 1.13. The van der Waals surface area contributed by atoms with Gasteiger partial charge in [0.2, 0.25) is 0 Å². The third kappa shape index (κ3) is 1.59. The van der Waals surface area contributed by atoms with Gasteiger partial charge in [0.25, 0.3) is 0 Å². The molecule has 0 bridgehead atoms. The first-order valence-corrected chi connectivity index (χ1v) is 3.33. The Bertz CT molecular complexity index is 161. The Morgan fingerprint density at radius 2 is 2.70 bits per heavy atom. The summed E-state index contributed by atoms with van der Waals surface area (Å²) >= 11 is 0. The number of ether oxygens (including phenoxy) is 1. The molecule has 0 aliphatic carbocycles. The summed E-state index contributed by atoms with van der Waals surface area (Å²) in [7, 11) is 1.67. The van der Waals surface area contributed by atoms with Gasteiger partial charge in [-0.3, -0.25) is 0 Å². The molecule has 1 heterocycles. The van der Waals surface area contributed by atoms with E-state index >= 15 is 0 Å². The fraction of sp³-hybridized carbons (Fsp3) is 0.714. The predicted molar refractivity (Wildman–Crippen MR) is 37.2 cm³/mol. The smallest absolute Gasteiger partial charge is 0.145 e. The Balaban J connectivity index is 2.35. The lowest BCUT2D eigenvalue weighted by Crippen LogP contribution is -2.12. The zero-order valence-electron chi connectivity index (χ0n) is 6.02. The highest BCUT2D eigenvalue weighted by molar-refractivity contribution is 5.52. The minimum absolute atomic E-state index is 0.460. The molecule has 56 valence electrons. The van der Waals surface area contributed by atoms with Gasteiger partial charge in [-0.25, -0.2) is 4.79 Å². The van der Waals surface area contributed by atoms with Crippen molar-refractivity contribution in [2.75, 3.05) is 20.3 Å². The molecule has 1 fully saturated rings. The molecule has 1 aliphatic rings. The lowest BCUT2D eigenvalue weighted by molar-refractivity contribution is 0.161. The summed E-state index contributed by atoms with van der Waals surface area (Å²) in [5.41, 5.74) is 0.682. The van der Waals surface area contributed by atoms with Gasteiger partial charge in [-0.05, 0) is 0 Å². The SMILES string of the molecule is COCC1CNC(=C=O)C1. The minimum atomic E-state index is 0.460. The van der Waals surface area contributed by atoms with Gasteiger partial charge in [-0.1, -0.05) is 0 Å². The fourth-order valence-corrected chi connectivity index (χ4v) is 1.13. The Hall–Kier alpha value is -0.790. The summed E-state index contributed by atoms with van der Waals surface area (Å²) < 4.78 is 4.94. The molecule has 1 atom stereocenters. The van der Waals surface area contributed by atoms with E-state index in [2.05, 4.69) is 5.32 Å². The molecule has 0 radical (unpaired) electrons. The van der Waals surface area contributed by atoms with E-state index in [4.69, 9.17) is 4.74 Å². The van der Waals surface area contributed by atoms with Crippen molar-refractivity contribution in [2.45, 2.75) is 6.42 Å². The van der Waals surface area contributed by atoms with Crippen molar-refractivity contribution < 1.29 is 9.53 Å². The van der Waals surface area contributed by atoms with Crippen molar-refractivity contribution in [3.8, 4) is 0 Å². The molecule has 1 unspecified atom stereocenters. The number of hydrogen-bond acceptors (Lipinski definition) is 3. The summed E-state index contributed by atoms with van der Waals surface area (Å²) in [5.74, 6) is 2.31. The molecule has 0 aromatic carbocycles. The first kappa shape index (κ1) is 7.32. The predicted octanol–water partition coefficient (Wildman–Crippen LogP) is -0.0422.